The molecule has 0 fully saturated rings. The fourth-order valence-electron chi connectivity index (χ4n) is 3.08. The number of carbonyl (C=O) groups excluding carboxylic acids is 2. The SMILES string of the molecule is CCOc1ccc(C(=O)Nc2ccc(NC(=O)c3ccccc3F)cc2C(F)(F)F)cc1[N+](=O)[O-]. The Balaban J connectivity index is 1.89. The number of halogens is 4. The van der Waals surface area contributed by atoms with Gasteiger partial charge in [-0.25, -0.2) is 4.39 Å². The maximum atomic E-state index is 13.8. The van der Waals surface area contributed by atoms with Crippen LogP contribution in [0.5, 0.6) is 5.75 Å². The second-order valence-electron chi connectivity index (χ2n) is 7.02. The van der Waals surface area contributed by atoms with E-state index >= 15 is 0 Å². The van der Waals surface area contributed by atoms with Crippen molar-refractivity contribution in [1.82, 2.24) is 0 Å². The third-order valence-electron chi connectivity index (χ3n) is 4.67. The largest absolute Gasteiger partial charge is 0.487 e. The van der Waals surface area contributed by atoms with E-state index in [0.717, 1.165) is 24.3 Å². The smallest absolute Gasteiger partial charge is 0.418 e. The zero-order valence-electron chi connectivity index (χ0n) is 18.0. The van der Waals surface area contributed by atoms with Crippen molar-refractivity contribution in [1.29, 1.82) is 0 Å². The summed E-state index contributed by atoms with van der Waals surface area (Å²) in [5, 5.41) is 15.5. The van der Waals surface area contributed by atoms with Gasteiger partial charge in [0.05, 0.1) is 28.3 Å². The third kappa shape index (κ3) is 5.91. The Morgan fingerprint density at radius 1 is 1.00 bits per heavy atom. The molecule has 0 heterocycles. The normalized spacial score (nSPS) is 11.0. The van der Waals surface area contributed by atoms with Crippen molar-refractivity contribution >= 4 is 28.9 Å². The molecule has 0 aliphatic heterocycles. The maximum absolute atomic E-state index is 13.8. The Morgan fingerprint density at radius 2 is 1.71 bits per heavy atom. The molecule has 0 radical (unpaired) electrons. The van der Waals surface area contributed by atoms with Crippen LogP contribution in [0.4, 0.5) is 34.6 Å². The quantitative estimate of drug-likeness (QED) is 0.252. The minimum absolute atomic E-state index is 0.0972. The van der Waals surface area contributed by atoms with E-state index < -0.39 is 45.7 Å². The van der Waals surface area contributed by atoms with E-state index in [1.807, 2.05) is 0 Å². The summed E-state index contributed by atoms with van der Waals surface area (Å²) in [6.45, 7) is 1.73. The summed E-state index contributed by atoms with van der Waals surface area (Å²) < 4.78 is 60.0. The number of alkyl halides is 3. The first kappa shape index (κ1) is 25.1. The second-order valence-corrected chi connectivity index (χ2v) is 7.02. The van der Waals surface area contributed by atoms with Crippen molar-refractivity contribution in [3.05, 3.63) is 93.3 Å². The fourth-order valence-corrected chi connectivity index (χ4v) is 3.08. The number of rotatable bonds is 7. The molecule has 8 nitrogen and oxygen atoms in total. The molecule has 0 saturated heterocycles. The lowest BCUT2D eigenvalue weighted by Crippen LogP contribution is -2.18. The van der Waals surface area contributed by atoms with Gasteiger partial charge in [-0.2, -0.15) is 13.2 Å². The molecule has 3 rings (SSSR count). The fraction of sp³-hybridized carbons (Fsp3) is 0.130. The highest BCUT2D eigenvalue weighted by molar-refractivity contribution is 6.06. The van der Waals surface area contributed by atoms with Gasteiger partial charge in [0.15, 0.2) is 5.75 Å². The van der Waals surface area contributed by atoms with Gasteiger partial charge in [-0.05, 0) is 49.4 Å². The molecule has 0 aliphatic carbocycles. The predicted octanol–water partition coefficient (Wildman–Crippen LogP) is 5.66. The monoisotopic (exact) mass is 491 g/mol. The lowest BCUT2D eigenvalue weighted by Gasteiger charge is -2.16. The van der Waals surface area contributed by atoms with Gasteiger partial charge in [-0.15, -0.1) is 0 Å². The first-order chi connectivity index (χ1) is 16.5. The van der Waals surface area contributed by atoms with E-state index in [-0.39, 0.29) is 29.2 Å². The van der Waals surface area contributed by atoms with E-state index in [4.69, 9.17) is 4.74 Å². The number of nitro groups is 1. The number of nitro benzene ring substituents is 1. The van der Waals surface area contributed by atoms with Gasteiger partial charge >= 0.3 is 11.9 Å². The molecule has 12 heteroatoms. The summed E-state index contributed by atoms with van der Waals surface area (Å²) >= 11 is 0. The summed E-state index contributed by atoms with van der Waals surface area (Å²) in [5.41, 5.74) is -3.40. The molecule has 3 aromatic carbocycles. The van der Waals surface area contributed by atoms with E-state index in [0.29, 0.717) is 6.07 Å². The van der Waals surface area contributed by atoms with E-state index in [9.17, 15) is 37.3 Å². The summed E-state index contributed by atoms with van der Waals surface area (Å²) in [7, 11) is 0. The number of anilines is 2. The first-order valence-electron chi connectivity index (χ1n) is 10.0. The molecule has 182 valence electrons. The molecule has 0 aromatic heterocycles. The van der Waals surface area contributed by atoms with Crippen LogP contribution in [0, 0.1) is 15.9 Å². The van der Waals surface area contributed by atoms with Crippen LogP contribution in [0.1, 0.15) is 33.2 Å². The number of benzene rings is 3. The standard InChI is InChI=1S/C23H17F4N3O5/c1-2-35-20-10-7-13(11-19(20)30(33)34)21(31)29-18-9-8-14(12-16(18)23(25,26)27)28-22(32)15-5-3-4-6-17(15)24/h3-12H,2H2,1H3,(H,28,32)(H,29,31). The molecule has 0 saturated carbocycles. The number of hydrogen-bond acceptors (Lipinski definition) is 5. The maximum Gasteiger partial charge on any atom is 0.418 e. The molecule has 2 amide bonds. The van der Waals surface area contributed by atoms with Crippen LogP contribution in [0.3, 0.4) is 0 Å². The van der Waals surface area contributed by atoms with Gasteiger partial charge in [0.25, 0.3) is 11.8 Å². The molecule has 0 bridgehead atoms. The number of nitrogens with one attached hydrogen (secondary N) is 2. The number of ether oxygens (including phenoxy) is 1. The Hall–Kier alpha value is -4.48. The second kappa shape index (κ2) is 10.2. The van der Waals surface area contributed by atoms with Crippen molar-refractivity contribution in [3.63, 3.8) is 0 Å². The van der Waals surface area contributed by atoms with Crippen LogP contribution in [0.25, 0.3) is 0 Å². The van der Waals surface area contributed by atoms with Gasteiger partial charge in [0, 0.05) is 17.3 Å². The Labute approximate surface area is 195 Å². The molecule has 3 aromatic rings. The molecule has 35 heavy (non-hydrogen) atoms. The predicted molar refractivity (Wildman–Crippen MR) is 118 cm³/mol. The molecule has 0 spiro atoms. The summed E-state index contributed by atoms with van der Waals surface area (Å²) in [5.74, 6) is -2.95. The minimum atomic E-state index is -4.94. The van der Waals surface area contributed by atoms with Gasteiger partial charge < -0.3 is 15.4 Å². The van der Waals surface area contributed by atoms with Crippen molar-refractivity contribution in [2.24, 2.45) is 0 Å². The van der Waals surface area contributed by atoms with Gasteiger partial charge in [-0.1, -0.05) is 12.1 Å². The van der Waals surface area contributed by atoms with Crippen molar-refractivity contribution in [3.8, 4) is 5.75 Å². The van der Waals surface area contributed by atoms with Crippen LogP contribution in [0.2, 0.25) is 0 Å². The number of amides is 2. The van der Waals surface area contributed by atoms with Crippen LogP contribution in [0.15, 0.2) is 60.7 Å². The average Bonchev–Trinajstić information content (AvgIpc) is 2.79. The lowest BCUT2D eigenvalue weighted by atomic mass is 10.1. The zero-order chi connectivity index (χ0) is 25.8. The molecule has 0 atom stereocenters. The minimum Gasteiger partial charge on any atom is -0.487 e. The first-order valence-corrected chi connectivity index (χ1v) is 10.0. The highest BCUT2D eigenvalue weighted by Crippen LogP contribution is 2.37. The van der Waals surface area contributed by atoms with E-state index in [1.165, 1.54) is 30.3 Å². The Morgan fingerprint density at radius 3 is 2.34 bits per heavy atom. The van der Waals surface area contributed by atoms with Crippen LogP contribution in [-0.4, -0.2) is 23.3 Å². The average molecular weight is 491 g/mol. The molecular formula is C23H17F4N3O5. The number of carbonyl (C=O) groups is 2. The van der Waals surface area contributed by atoms with E-state index in [2.05, 4.69) is 10.6 Å². The van der Waals surface area contributed by atoms with Crippen LogP contribution in [-0.2, 0) is 6.18 Å². The van der Waals surface area contributed by atoms with Crippen molar-refractivity contribution < 1.29 is 36.8 Å². The molecule has 0 unspecified atom stereocenters. The van der Waals surface area contributed by atoms with Gasteiger partial charge in [-0.3, -0.25) is 19.7 Å². The van der Waals surface area contributed by atoms with Gasteiger partial charge in [0.2, 0.25) is 0 Å². The van der Waals surface area contributed by atoms with Gasteiger partial charge in [0.1, 0.15) is 5.82 Å². The molecule has 0 aliphatic rings. The Kier molecular flexibility index (Phi) is 7.33. The number of hydrogen-bond donors (Lipinski definition) is 2. The Bertz CT molecular complexity index is 1290. The van der Waals surface area contributed by atoms with Crippen LogP contribution >= 0.6 is 0 Å². The molecule has 2 N–H and O–H groups in total. The van der Waals surface area contributed by atoms with Crippen LogP contribution < -0.4 is 15.4 Å². The summed E-state index contributed by atoms with van der Waals surface area (Å²) in [6, 6.07) is 10.7. The zero-order valence-corrected chi connectivity index (χ0v) is 18.0. The third-order valence-corrected chi connectivity index (χ3v) is 4.67. The lowest BCUT2D eigenvalue weighted by molar-refractivity contribution is -0.385. The topological polar surface area (TPSA) is 111 Å². The summed E-state index contributed by atoms with van der Waals surface area (Å²) in [6.07, 6.45) is -4.94. The molecular weight excluding hydrogens is 474 g/mol. The summed E-state index contributed by atoms with van der Waals surface area (Å²) in [4.78, 5) is 35.3. The van der Waals surface area contributed by atoms with Crippen molar-refractivity contribution in [2.45, 2.75) is 13.1 Å². The highest BCUT2D eigenvalue weighted by Gasteiger charge is 2.35. The van der Waals surface area contributed by atoms with Crippen molar-refractivity contribution in [2.75, 3.05) is 17.2 Å². The van der Waals surface area contributed by atoms with E-state index in [1.54, 1.807) is 6.92 Å². The number of nitrogens with zero attached hydrogens (tertiary/aromatic N) is 1. The highest BCUT2D eigenvalue weighted by atomic mass is 19.4.